The number of urea groups is 1. The second-order valence-electron chi connectivity index (χ2n) is 5.14. The third kappa shape index (κ3) is 5.16. The molecule has 1 saturated heterocycles. The number of sulfonamides is 1. The number of carboxylic acids is 1. The number of carbonyl (C=O) groups excluding carboxylic acids is 1. The van der Waals surface area contributed by atoms with Gasteiger partial charge in [-0.2, -0.15) is 0 Å². The van der Waals surface area contributed by atoms with Crippen LogP contribution in [-0.4, -0.2) is 61.9 Å². The van der Waals surface area contributed by atoms with Crippen LogP contribution in [0.4, 0.5) is 4.79 Å². The van der Waals surface area contributed by atoms with Crippen LogP contribution in [0.5, 0.6) is 0 Å². The molecule has 0 saturated carbocycles. The summed E-state index contributed by atoms with van der Waals surface area (Å²) in [5.74, 6) is -1.38. The van der Waals surface area contributed by atoms with Gasteiger partial charge < -0.3 is 15.3 Å². The van der Waals surface area contributed by atoms with E-state index in [0.717, 1.165) is 12.8 Å². The molecule has 1 heterocycles. The molecule has 1 rings (SSSR count). The van der Waals surface area contributed by atoms with E-state index in [2.05, 4.69) is 10.0 Å². The number of piperidine rings is 1. The molecular weight excluding hydrogens is 298 g/mol. The van der Waals surface area contributed by atoms with E-state index in [9.17, 15) is 23.1 Å². The normalized spacial score (nSPS) is 22.9. The maximum atomic E-state index is 12.0. The molecule has 1 fully saturated rings. The molecule has 0 aromatic heterocycles. The molecular formula is C12H23N3O5S. The van der Waals surface area contributed by atoms with Gasteiger partial charge in [-0.1, -0.05) is 13.8 Å². The lowest BCUT2D eigenvalue weighted by molar-refractivity contribution is -0.145. The van der Waals surface area contributed by atoms with Gasteiger partial charge in [0.1, 0.15) is 6.04 Å². The minimum absolute atomic E-state index is 0.0502. The quantitative estimate of drug-likeness (QED) is 0.627. The van der Waals surface area contributed by atoms with Crippen molar-refractivity contribution in [3.63, 3.8) is 0 Å². The number of carboxylic acid groups (broad SMARTS) is 1. The van der Waals surface area contributed by atoms with Crippen LogP contribution in [0.3, 0.4) is 0 Å². The van der Waals surface area contributed by atoms with Crippen LogP contribution in [0.25, 0.3) is 0 Å². The Bertz CT molecular complexity index is 479. The number of nitrogens with one attached hydrogen (secondary N) is 2. The summed E-state index contributed by atoms with van der Waals surface area (Å²) < 4.78 is 25.2. The van der Waals surface area contributed by atoms with E-state index in [-0.39, 0.29) is 18.2 Å². The summed E-state index contributed by atoms with van der Waals surface area (Å²) in [4.78, 5) is 24.6. The fraction of sp³-hybridized carbons (Fsp3) is 0.833. The summed E-state index contributed by atoms with van der Waals surface area (Å²) in [6.45, 7) is 4.08. The van der Waals surface area contributed by atoms with Gasteiger partial charge in [0.15, 0.2) is 0 Å². The van der Waals surface area contributed by atoms with Gasteiger partial charge in [0, 0.05) is 19.6 Å². The van der Waals surface area contributed by atoms with Crippen LogP contribution in [0.1, 0.15) is 26.7 Å². The molecule has 9 heteroatoms. The van der Waals surface area contributed by atoms with Crippen LogP contribution in [-0.2, 0) is 14.8 Å². The van der Waals surface area contributed by atoms with Gasteiger partial charge in [0.2, 0.25) is 10.0 Å². The predicted octanol–water partition coefficient (Wildman–Crippen LogP) is -0.180. The van der Waals surface area contributed by atoms with Crippen molar-refractivity contribution >= 4 is 22.0 Å². The Kier molecular flexibility index (Phi) is 6.41. The summed E-state index contributed by atoms with van der Waals surface area (Å²) in [7, 11) is -3.40. The SMILES string of the molecule is CCNS(=O)(=O)CCNC(=O)N1CCCC(C)C1C(=O)O. The first kappa shape index (κ1) is 17.7. The zero-order valence-corrected chi connectivity index (χ0v) is 13.1. The average molecular weight is 321 g/mol. The van der Waals surface area contributed by atoms with Crippen LogP contribution < -0.4 is 10.0 Å². The first-order valence-electron chi connectivity index (χ1n) is 7.03. The third-order valence-corrected chi connectivity index (χ3v) is 4.93. The van der Waals surface area contributed by atoms with E-state index >= 15 is 0 Å². The number of rotatable bonds is 6. The number of amides is 2. The van der Waals surface area contributed by atoms with E-state index in [1.54, 1.807) is 13.8 Å². The minimum Gasteiger partial charge on any atom is -0.480 e. The zero-order valence-electron chi connectivity index (χ0n) is 12.3. The van der Waals surface area contributed by atoms with E-state index in [4.69, 9.17) is 0 Å². The van der Waals surface area contributed by atoms with Crippen molar-refractivity contribution < 1.29 is 23.1 Å². The molecule has 0 spiro atoms. The van der Waals surface area contributed by atoms with Gasteiger partial charge in [-0.25, -0.2) is 22.7 Å². The van der Waals surface area contributed by atoms with E-state index in [0.29, 0.717) is 13.1 Å². The molecule has 0 aliphatic carbocycles. The monoisotopic (exact) mass is 321 g/mol. The molecule has 0 bridgehead atoms. The van der Waals surface area contributed by atoms with Crippen LogP contribution in [0.2, 0.25) is 0 Å². The van der Waals surface area contributed by atoms with Gasteiger partial charge in [0.05, 0.1) is 5.75 Å². The van der Waals surface area contributed by atoms with Gasteiger partial charge in [-0.3, -0.25) is 0 Å². The Morgan fingerprint density at radius 2 is 2.05 bits per heavy atom. The van der Waals surface area contributed by atoms with Crippen molar-refractivity contribution in [3.05, 3.63) is 0 Å². The first-order valence-corrected chi connectivity index (χ1v) is 8.68. The molecule has 21 heavy (non-hydrogen) atoms. The molecule has 3 N–H and O–H groups in total. The summed E-state index contributed by atoms with van der Waals surface area (Å²) >= 11 is 0. The van der Waals surface area contributed by atoms with Crippen molar-refractivity contribution in [3.8, 4) is 0 Å². The number of hydrogen-bond donors (Lipinski definition) is 3. The van der Waals surface area contributed by atoms with Gasteiger partial charge in [0.25, 0.3) is 0 Å². The highest BCUT2D eigenvalue weighted by Gasteiger charge is 2.36. The summed E-state index contributed by atoms with van der Waals surface area (Å²) in [6.07, 6.45) is 1.50. The highest BCUT2D eigenvalue weighted by molar-refractivity contribution is 7.89. The van der Waals surface area contributed by atoms with Crippen molar-refractivity contribution in [1.82, 2.24) is 14.9 Å². The Labute approximate surface area is 124 Å². The molecule has 0 radical (unpaired) electrons. The molecule has 2 atom stereocenters. The third-order valence-electron chi connectivity index (χ3n) is 3.46. The predicted molar refractivity (Wildman–Crippen MR) is 77.4 cm³/mol. The standard InChI is InChI=1S/C12H23N3O5S/c1-3-14-21(19,20)8-6-13-12(18)15-7-4-5-9(2)10(15)11(16)17/h9-10,14H,3-8H2,1-2H3,(H,13,18)(H,16,17). The van der Waals surface area contributed by atoms with E-state index in [1.807, 2.05) is 0 Å². The summed E-state index contributed by atoms with van der Waals surface area (Å²) in [6, 6.07) is -1.38. The summed E-state index contributed by atoms with van der Waals surface area (Å²) in [5, 5.41) is 11.7. The average Bonchev–Trinajstić information content (AvgIpc) is 2.37. The highest BCUT2D eigenvalue weighted by atomic mass is 32.2. The Hall–Kier alpha value is -1.35. The summed E-state index contributed by atoms with van der Waals surface area (Å²) in [5.41, 5.74) is 0. The fourth-order valence-corrected chi connectivity index (χ4v) is 3.43. The van der Waals surface area contributed by atoms with Crippen molar-refractivity contribution in [2.24, 2.45) is 5.92 Å². The highest BCUT2D eigenvalue weighted by Crippen LogP contribution is 2.23. The Morgan fingerprint density at radius 3 is 2.62 bits per heavy atom. The molecule has 0 aromatic carbocycles. The van der Waals surface area contributed by atoms with E-state index in [1.165, 1.54) is 4.90 Å². The number of aliphatic carboxylic acids is 1. The van der Waals surface area contributed by atoms with Crippen LogP contribution in [0, 0.1) is 5.92 Å². The number of hydrogen-bond acceptors (Lipinski definition) is 4. The molecule has 8 nitrogen and oxygen atoms in total. The van der Waals surface area contributed by atoms with Gasteiger partial charge >= 0.3 is 12.0 Å². The number of likely N-dealkylation sites (tertiary alicyclic amines) is 1. The Balaban J connectivity index is 2.56. The Morgan fingerprint density at radius 1 is 1.38 bits per heavy atom. The molecule has 0 aromatic rings. The second kappa shape index (κ2) is 7.60. The molecule has 1 aliphatic heterocycles. The zero-order chi connectivity index (χ0) is 16.0. The van der Waals surface area contributed by atoms with Gasteiger partial charge in [-0.15, -0.1) is 0 Å². The number of carbonyl (C=O) groups is 2. The van der Waals surface area contributed by atoms with Crippen molar-refractivity contribution in [2.45, 2.75) is 32.7 Å². The topological polar surface area (TPSA) is 116 Å². The maximum Gasteiger partial charge on any atom is 0.326 e. The number of nitrogens with zero attached hydrogens (tertiary/aromatic N) is 1. The smallest absolute Gasteiger partial charge is 0.326 e. The van der Waals surface area contributed by atoms with Crippen LogP contribution >= 0.6 is 0 Å². The maximum absolute atomic E-state index is 12.0. The largest absolute Gasteiger partial charge is 0.480 e. The lowest BCUT2D eigenvalue weighted by Gasteiger charge is -2.37. The van der Waals surface area contributed by atoms with Crippen molar-refractivity contribution in [1.29, 1.82) is 0 Å². The second-order valence-corrected chi connectivity index (χ2v) is 7.07. The van der Waals surface area contributed by atoms with E-state index < -0.39 is 28.1 Å². The minimum atomic E-state index is -3.40. The first-order chi connectivity index (χ1) is 9.78. The lowest BCUT2D eigenvalue weighted by Crippen LogP contribution is -2.55. The molecule has 122 valence electrons. The molecule has 1 aliphatic rings. The van der Waals surface area contributed by atoms with Crippen LogP contribution in [0.15, 0.2) is 0 Å². The molecule has 2 amide bonds. The lowest BCUT2D eigenvalue weighted by atomic mass is 9.91. The van der Waals surface area contributed by atoms with Gasteiger partial charge in [-0.05, 0) is 18.8 Å². The van der Waals surface area contributed by atoms with Crippen molar-refractivity contribution in [2.75, 3.05) is 25.4 Å². The molecule has 2 unspecified atom stereocenters. The fourth-order valence-electron chi connectivity index (χ4n) is 2.48.